The number of hydrogen-bond acceptors (Lipinski definition) is 1. The highest BCUT2D eigenvalue weighted by Crippen LogP contribution is 2.69. The minimum Gasteiger partial charge on any atom is -0.314 e. The van der Waals surface area contributed by atoms with Gasteiger partial charge in [0.1, 0.15) is 0 Å². The molecule has 3 aliphatic carbocycles. The third kappa shape index (κ3) is 1.03. The molecule has 0 saturated heterocycles. The summed E-state index contributed by atoms with van der Waals surface area (Å²) in [5.41, 5.74) is 2.66. The Morgan fingerprint density at radius 3 is 2.42 bits per heavy atom. The van der Waals surface area contributed by atoms with Crippen LogP contribution in [0.2, 0.25) is 0 Å². The van der Waals surface area contributed by atoms with Gasteiger partial charge in [0.2, 0.25) is 0 Å². The summed E-state index contributed by atoms with van der Waals surface area (Å²) in [5.74, 6) is 0. The normalized spacial score (nSPS) is 43.2. The van der Waals surface area contributed by atoms with Crippen LogP contribution in [0.25, 0.3) is 0 Å². The SMILES string of the molecule is C=C(C)CCC12CC(NC)(C1)C2. The molecule has 0 spiro atoms. The Kier molecular flexibility index (Phi) is 1.63. The quantitative estimate of drug-likeness (QED) is 0.631. The predicted octanol–water partition coefficient (Wildman–Crippen LogP) is 2.48. The van der Waals surface area contributed by atoms with E-state index in [0.29, 0.717) is 5.54 Å². The highest BCUT2D eigenvalue weighted by molar-refractivity contribution is 5.22. The van der Waals surface area contributed by atoms with E-state index in [9.17, 15) is 0 Å². The van der Waals surface area contributed by atoms with Gasteiger partial charge in [-0.3, -0.25) is 0 Å². The van der Waals surface area contributed by atoms with Crippen LogP contribution in [0, 0.1) is 5.41 Å². The molecule has 0 aromatic carbocycles. The smallest absolute Gasteiger partial charge is 0.0194 e. The van der Waals surface area contributed by atoms with Gasteiger partial charge in [0.05, 0.1) is 0 Å². The zero-order chi connectivity index (χ0) is 8.82. The van der Waals surface area contributed by atoms with E-state index in [-0.39, 0.29) is 0 Å². The second-order valence-corrected chi connectivity index (χ2v) is 5.02. The highest BCUT2D eigenvalue weighted by atomic mass is 15.0. The van der Waals surface area contributed by atoms with Crippen molar-refractivity contribution in [1.29, 1.82) is 0 Å². The van der Waals surface area contributed by atoms with Gasteiger partial charge < -0.3 is 5.32 Å². The maximum absolute atomic E-state index is 3.96. The lowest BCUT2D eigenvalue weighted by atomic mass is 9.38. The lowest BCUT2D eigenvalue weighted by Crippen LogP contribution is -2.72. The molecule has 0 radical (unpaired) electrons. The van der Waals surface area contributed by atoms with Crippen molar-refractivity contribution in [2.24, 2.45) is 5.41 Å². The molecular formula is C11H19N. The van der Waals surface area contributed by atoms with Crippen molar-refractivity contribution in [2.45, 2.75) is 44.6 Å². The molecule has 3 aliphatic rings. The monoisotopic (exact) mass is 165 g/mol. The maximum atomic E-state index is 3.96. The van der Waals surface area contributed by atoms with Crippen molar-refractivity contribution in [3.8, 4) is 0 Å². The summed E-state index contributed by atoms with van der Waals surface area (Å²) in [5, 5.41) is 3.43. The van der Waals surface area contributed by atoms with Gasteiger partial charge >= 0.3 is 0 Å². The first-order chi connectivity index (χ1) is 5.60. The summed E-state index contributed by atoms with van der Waals surface area (Å²) in [7, 11) is 2.10. The first-order valence-corrected chi connectivity index (χ1v) is 4.93. The molecule has 1 heteroatoms. The molecule has 2 bridgehead atoms. The Bertz CT molecular complexity index is 197. The molecule has 0 aromatic heterocycles. The first kappa shape index (κ1) is 8.31. The molecule has 0 aliphatic heterocycles. The average molecular weight is 165 g/mol. The Labute approximate surface area is 75.2 Å². The van der Waals surface area contributed by atoms with Crippen LogP contribution < -0.4 is 5.32 Å². The number of nitrogens with one attached hydrogen (secondary N) is 1. The summed E-state index contributed by atoms with van der Waals surface area (Å²) in [6.45, 7) is 6.09. The van der Waals surface area contributed by atoms with E-state index in [4.69, 9.17) is 0 Å². The maximum Gasteiger partial charge on any atom is 0.0194 e. The van der Waals surface area contributed by atoms with Crippen LogP contribution in [0.15, 0.2) is 12.2 Å². The Morgan fingerprint density at radius 1 is 1.42 bits per heavy atom. The third-order valence-electron chi connectivity index (χ3n) is 3.75. The van der Waals surface area contributed by atoms with Crippen molar-refractivity contribution in [3.63, 3.8) is 0 Å². The minimum absolute atomic E-state index is 0.578. The molecule has 1 nitrogen and oxygen atoms in total. The van der Waals surface area contributed by atoms with Gasteiger partial charge in [-0.15, -0.1) is 6.58 Å². The summed E-state index contributed by atoms with van der Waals surface area (Å²) in [4.78, 5) is 0. The van der Waals surface area contributed by atoms with Gasteiger partial charge in [-0.2, -0.15) is 0 Å². The molecule has 1 N–H and O–H groups in total. The van der Waals surface area contributed by atoms with Crippen LogP contribution in [-0.2, 0) is 0 Å². The Hall–Kier alpha value is -0.300. The fourth-order valence-electron chi connectivity index (χ4n) is 3.01. The molecule has 0 aromatic rings. The van der Waals surface area contributed by atoms with E-state index >= 15 is 0 Å². The second-order valence-electron chi connectivity index (χ2n) is 5.02. The van der Waals surface area contributed by atoms with Crippen molar-refractivity contribution >= 4 is 0 Å². The van der Waals surface area contributed by atoms with E-state index < -0.39 is 0 Å². The topological polar surface area (TPSA) is 12.0 Å². The highest BCUT2D eigenvalue weighted by Gasteiger charge is 2.66. The van der Waals surface area contributed by atoms with E-state index in [2.05, 4.69) is 25.9 Å². The molecule has 0 heterocycles. The standard InChI is InChI=1S/C11H19N/c1-9(2)4-5-10-6-11(7-10,8-10)12-3/h12H,1,4-8H2,2-3H3. The molecular weight excluding hydrogens is 146 g/mol. The lowest BCUT2D eigenvalue weighted by Gasteiger charge is -2.71. The van der Waals surface area contributed by atoms with E-state index in [1.165, 1.54) is 37.7 Å². The van der Waals surface area contributed by atoms with Gasteiger partial charge in [0.15, 0.2) is 0 Å². The third-order valence-corrected chi connectivity index (χ3v) is 3.75. The molecule has 0 unspecified atom stereocenters. The summed E-state index contributed by atoms with van der Waals surface area (Å²) < 4.78 is 0. The van der Waals surface area contributed by atoms with Crippen LogP contribution in [0.3, 0.4) is 0 Å². The molecule has 12 heavy (non-hydrogen) atoms. The zero-order valence-corrected chi connectivity index (χ0v) is 8.24. The fourth-order valence-corrected chi connectivity index (χ4v) is 3.01. The fraction of sp³-hybridized carbons (Fsp3) is 0.818. The summed E-state index contributed by atoms with van der Waals surface area (Å²) in [6, 6.07) is 0. The summed E-state index contributed by atoms with van der Waals surface area (Å²) >= 11 is 0. The first-order valence-electron chi connectivity index (χ1n) is 4.93. The minimum atomic E-state index is 0.578. The van der Waals surface area contributed by atoms with E-state index in [0.717, 1.165) is 5.41 Å². The van der Waals surface area contributed by atoms with Gasteiger partial charge in [0.25, 0.3) is 0 Å². The molecule has 0 amide bonds. The van der Waals surface area contributed by atoms with Crippen LogP contribution in [0.4, 0.5) is 0 Å². The lowest BCUT2D eigenvalue weighted by molar-refractivity contribution is -0.155. The van der Waals surface area contributed by atoms with E-state index in [1.807, 2.05) is 0 Å². The predicted molar refractivity (Wildman–Crippen MR) is 52.1 cm³/mol. The molecule has 3 rings (SSSR count). The van der Waals surface area contributed by atoms with Crippen LogP contribution >= 0.6 is 0 Å². The summed E-state index contributed by atoms with van der Waals surface area (Å²) in [6.07, 6.45) is 6.88. The second kappa shape index (κ2) is 2.35. The Morgan fingerprint density at radius 2 is 2.00 bits per heavy atom. The molecule has 0 atom stereocenters. The van der Waals surface area contributed by atoms with Crippen molar-refractivity contribution in [3.05, 3.63) is 12.2 Å². The largest absolute Gasteiger partial charge is 0.314 e. The average Bonchev–Trinajstić information content (AvgIpc) is 1.82. The van der Waals surface area contributed by atoms with Crippen LogP contribution in [-0.4, -0.2) is 12.6 Å². The number of rotatable bonds is 4. The molecule has 3 fully saturated rings. The number of allylic oxidation sites excluding steroid dienone is 1. The molecule has 3 saturated carbocycles. The zero-order valence-electron chi connectivity index (χ0n) is 8.24. The molecule has 68 valence electrons. The van der Waals surface area contributed by atoms with Crippen molar-refractivity contribution in [2.75, 3.05) is 7.05 Å². The van der Waals surface area contributed by atoms with Gasteiger partial charge in [-0.1, -0.05) is 5.57 Å². The van der Waals surface area contributed by atoms with Gasteiger partial charge in [-0.05, 0) is 51.5 Å². The van der Waals surface area contributed by atoms with Gasteiger partial charge in [-0.25, -0.2) is 0 Å². The number of hydrogen-bond donors (Lipinski definition) is 1. The Balaban J connectivity index is 1.77. The van der Waals surface area contributed by atoms with Crippen molar-refractivity contribution in [1.82, 2.24) is 5.32 Å². The van der Waals surface area contributed by atoms with Crippen LogP contribution in [0.5, 0.6) is 0 Å². The van der Waals surface area contributed by atoms with E-state index in [1.54, 1.807) is 0 Å². The van der Waals surface area contributed by atoms with Gasteiger partial charge in [0, 0.05) is 5.54 Å². The van der Waals surface area contributed by atoms with Crippen LogP contribution in [0.1, 0.15) is 39.0 Å². The van der Waals surface area contributed by atoms with Crippen molar-refractivity contribution < 1.29 is 0 Å².